The van der Waals surface area contributed by atoms with E-state index in [-0.39, 0.29) is 18.5 Å². The molecule has 1 aromatic rings. The zero-order valence-electron chi connectivity index (χ0n) is 7.83. The van der Waals surface area contributed by atoms with Gasteiger partial charge in [-0.3, -0.25) is 4.98 Å². The van der Waals surface area contributed by atoms with E-state index in [2.05, 4.69) is 4.98 Å². The molecular formula is C9H11F3N2O. The predicted octanol–water partition coefficient (Wildman–Crippen LogP) is 1.48. The highest BCUT2D eigenvalue weighted by Gasteiger charge is 2.34. The van der Waals surface area contributed by atoms with Crippen LogP contribution >= 0.6 is 0 Å². The van der Waals surface area contributed by atoms with Gasteiger partial charge in [-0.25, -0.2) is 0 Å². The van der Waals surface area contributed by atoms with E-state index in [4.69, 9.17) is 5.73 Å². The number of nitrogens with zero attached hydrogens (tertiary/aromatic N) is 1. The molecule has 3 N–H and O–H groups in total. The number of hydrogen-bond donors (Lipinski definition) is 2. The minimum Gasteiger partial charge on any atom is -0.388 e. The van der Waals surface area contributed by atoms with Gasteiger partial charge in [-0.1, -0.05) is 0 Å². The number of hydrogen-bond acceptors (Lipinski definition) is 3. The third-order valence-electron chi connectivity index (χ3n) is 1.96. The van der Waals surface area contributed by atoms with Crippen molar-refractivity contribution in [3.8, 4) is 0 Å². The van der Waals surface area contributed by atoms with E-state index in [1.165, 1.54) is 0 Å². The van der Waals surface area contributed by atoms with Crippen LogP contribution < -0.4 is 5.73 Å². The highest BCUT2D eigenvalue weighted by Crippen LogP contribution is 2.34. The van der Waals surface area contributed by atoms with Crippen molar-refractivity contribution >= 4 is 0 Å². The van der Waals surface area contributed by atoms with Gasteiger partial charge in [0.05, 0.1) is 11.7 Å². The highest BCUT2D eigenvalue weighted by atomic mass is 19.4. The van der Waals surface area contributed by atoms with E-state index in [1.54, 1.807) is 0 Å². The molecule has 0 spiro atoms. The second-order valence-corrected chi connectivity index (χ2v) is 3.05. The number of aromatic nitrogens is 1. The van der Waals surface area contributed by atoms with Crippen molar-refractivity contribution in [2.24, 2.45) is 5.73 Å². The van der Waals surface area contributed by atoms with Crippen molar-refractivity contribution in [1.82, 2.24) is 4.98 Å². The summed E-state index contributed by atoms with van der Waals surface area (Å²) in [5, 5.41) is 9.44. The molecule has 0 aliphatic carbocycles. The normalized spacial score (nSPS) is 13.9. The Kier molecular flexibility index (Phi) is 3.65. The topological polar surface area (TPSA) is 59.1 Å². The number of aliphatic hydroxyl groups excluding tert-OH is 1. The van der Waals surface area contributed by atoms with Gasteiger partial charge in [0.1, 0.15) is 0 Å². The summed E-state index contributed by atoms with van der Waals surface area (Å²) >= 11 is 0. The molecule has 15 heavy (non-hydrogen) atoms. The van der Waals surface area contributed by atoms with Crippen molar-refractivity contribution in [1.29, 1.82) is 0 Å². The molecule has 1 unspecified atom stereocenters. The van der Waals surface area contributed by atoms with Gasteiger partial charge < -0.3 is 10.8 Å². The Hall–Kier alpha value is -1.14. The molecular weight excluding hydrogens is 209 g/mol. The van der Waals surface area contributed by atoms with E-state index >= 15 is 0 Å². The van der Waals surface area contributed by atoms with Crippen molar-refractivity contribution in [3.63, 3.8) is 0 Å². The first kappa shape index (κ1) is 11.9. The summed E-state index contributed by atoms with van der Waals surface area (Å²) in [7, 11) is 0. The maximum atomic E-state index is 12.5. The Bertz CT molecular complexity index is 327. The minimum atomic E-state index is -4.48. The lowest BCUT2D eigenvalue weighted by Crippen LogP contribution is -2.14. The van der Waals surface area contributed by atoms with E-state index in [0.717, 1.165) is 18.5 Å². The van der Waals surface area contributed by atoms with Crippen molar-refractivity contribution in [3.05, 3.63) is 29.6 Å². The number of rotatable bonds is 3. The fourth-order valence-electron chi connectivity index (χ4n) is 1.24. The summed E-state index contributed by atoms with van der Waals surface area (Å²) in [6.45, 7) is 0.118. The summed E-state index contributed by atoms with van der Waals surface area (Å²) in [6.07, 6.45) is -3.56. The van der Waals surface area contributed by atoms with Crippen LogP contribution in [0.1, 0.15) is 23.7 Å². The van der Waals surface area contributed by atoms with Crippen molar-refractivity contribution in [2.45, 2.75) is 18.7 Å². The van der Waals surface area contributed by atoms with Crippen LogP contribution in [-0.2, 0) is 6.18 Å². The van der Waals surface area contributed by atoms with Crippen LogP contribution in [0, 0.1) is 0 Å². The van der Waals surface area contributed by atoms with E-state index in [1.807, 2.05) is 0 Å². The molecule has 0 radical (unpaired) electrons. The maximum Gasteiger partial charge on any atom is 0.416 e. The number of aliphatic hydroxyl groups is 1. The van der Waals surface area contributed by atoms with Crippen molar-refractivity contribution < 1.29 is 18.3 Å². The molecule has 84 valence electrons. The van der Waals surface area contributed by atoms with Gasteiger partial charge in [0, 0.05) is 18.0 Å². The highest BCUT2D eigenvalue weighted by molar-refractivity contribution is 5.28. The lowest BCUT2D eigenvalue weighted by Gasteiger charge is -2.15. The summed E-state index contributed by atoms with van der Waals surface area (Å²) in [5.41, 5.74) is 4.08. The Balaban J connectivity index is 3.06. The van der Waals surface area contributed by atoms with E-state index in [9.17, 15) is 18.3 Å². The fourth-order valence-corrected chi connectivity index (χ4v) is 1.24. The standard InChI is InChI=1S/C9H11F3N2O/c10-9(11,12)7-2-4-14-5-6(7)8(15)1-3-13/h2,4-5,8,15H,1,3,13H2. The van der Waals surface area contributed by atoms with Gasteiger partial charge in [0.2, 0.25) is 0 Å². The predicted molar refractivity (Wildman–Crippen MR) is 47.9 cm³/mol. The van der Waals surface area contributed by atoms with Crippen molar-refractivity contribution in [2.75, 3.05) is 6.54 Å². The van der Waals surface area contributed by atoms with Crippen LogP contribution in [0.4, 0.5) is 13.2 Å². The molecule has 0 fully saturated rings. The molecule has 0 amide bonds. The summed E-state index contributed by atoms with van der Waals surface area (Å²) < 4.78 is 37.4. The molecule has 0 aliphatic heterocycles. The summed E-state index contributed by atoms with van der Waals surface area (Å²) in [5.74, 6) is 0. The smallest absolute Gasteiger partial charge is 0.388 e. The first-order valence-corrected chi connectivity index (χ1v) is 4.36. The molecule has 0 aliphatic rings. The van der Waals surface area contributed by atoms with Crippen LogP contribution in [0.15, 0.2) is 18.5 Å². The van der Waals surface area contributed by atoms with Crippen LogP contribution in [0.25, 0.3) is 0 Å². The van der Waals surface area contributed by atoms with E-state index in [0.29, 0.717) is 0 Å². The van der Waals surface area contributed by atoms with Crippen LogP contribution in [0.5, 0.6) is 0 Å². The lowest BCUT2D eigenvalue weighted by molar-refractivity contribution is -0.139. The molecule has 0 bridgehead atoms. The average molecular weight is 220 g/mol. The number of halogens is 3. The van der Waals surface area contributed by atoms with Gasteiger partial charge in [-0.15, -0.1) is 0 Å². The number of alkyl halides is 3. The first-order valence-electron chi connectivity index (χ1n) is 4.36. The Morgan fingerprint density at radius 2 is 2.13 bits per heavy atom. The quantitative estimate of drug-likeness (QED) is 0.811. The van der Waals surface area contributed by atoms with Gasteiger partial charge in [-0.2, -0.15) is 13.2 Å². The van der Waals surface area contributed by atoms with Gasteiger partial charge in [0.25, 0.3) is 0 Å². The van der Waals surface area contributed by atoms with Gasteiger partial charge in [-0.05, 0) is 19.0 Å². The van der Waals surface area contributed by atoms with Crippen LogP contribution in [0.2, 0.25) is 0 Å². The lowest BCUT2D eigenvalue weighted by atomic mass is 10.0. The SMILES string of the molecule is NCCC(O)c1cnccc1C(F)(F)F. The zero-order valence-corrected chi connectivity index (χ0v) is 7.83. The fraction of sp³-hybridized carbons (Fsp3) is 0.444. The third-order valence-corrected chi connectivity index (χ3v) is 1.96. The molecule has 1 heterocycles. The zero-order chi connectivity index (χ0) is 11.5. The maximum absolute atomic E-state index is 12.5. The summed E-state index contributed by atoms with van der Waals surface area (Å²) in [4.78, 5) is 3.56. The minimum absolute atomic E-state index is 0.0781. The largest absolute Gasteiger partial charge is 0.416 e. The molecule has 0 saturated heterocycles. The number of pyridine rings is 1. The Morgan fingerprint density at radius 1 is 1.47 bits per heavy atom. The van der Waals surface area contributed by atoms with Gasteiger partial charge in [0.15, 0.2) is 0 Å². The van der Waals surface area contributed by atoms with E-state index < -0.39 is 17.8 Å². The molecule has 1 rings (SSSR count). The molecule has 1 aromatic heterocycles. The first-order chi connectivity index (χ1) is 6.96. The average Bonchev–Trinajstić information content (AvgIpc) is 2.17. The Labute approximate surface area is 84.7 Å². The second kappa shape index (κ2) is 4.59. The molecule has 0 saturated carbocycles. The molecule has 1 atom stereocenters. The molecule has 6 heteroatoms. The monoisotopic (exact) mass is 220 g/mol. The number of nitrogens with two attached hydrogens (primary N) is 1. The second-order valence-electron chi connectivity index (χ2n) is 3.05. The third kappa shape index (κ3) is 2.90. The van der Waals surface area contributed by atoms with Gasteiger partial charge >= 0.3 is 6.18 Å². The molecule has 0 aromatic carbocycles. The van der Waals surface area contributed by atoms with Crippen LogP contribution in [-0.4, -0.2) is 16.6 Å². The summed E-state index contributed by atoms with van der Waals surface area (Å²) in [6, 6.07) is 0.842. The molecule has 3 nitrogen and oxygen atoms in total. The van der Waals surface area contributed by atoms with Crippen LogP contribution in [0.3, 0.4) is 0 Å². The Morgan fingerprint density at radius 3 is 2.67 bits per heavy atom.